The van der Waals surface area contributed by atoms with E-state index in [-0.39, 0.29) is 0 Å². The Morgan fingerprint density at radius 3 is 3.17 bits per heavy atom. The fraction of sp³-hybridized carbons (Fsp3) is 0.389. The molecular weight excluding hydrogens is 310 g/mol. The van der Waals surface area contributed by atoms with Crippen LogP contribution in [-0.4, -0.2) is 16.4 Å². The first-order chi connectivity index (χ1) is 11.2. The highest BCUT2D eigenvalue weighted by Crippen LogP contribution is 2.30. The van der Waals surface area contributed by atoms with Gasteiger partial charge in [-0.25, -0.2) is 0 Å². The van der Waals surface area contributed by atoms with Crippen LogP contribution in [0.2, 0.25) is 5.02 Å². The molecule has 1 heterocycles. The summed E-state index contributed by atoms with van der Waals surface area (Å²) < 4.78 is 7.50. The van der Waals surface area contributed by atoms with E-state index in [2.05, 4.69) is 17.0 Å². The number of hydrogen-bond acceptors (Lipinski definition) is 3. The highest BCUT2D eigenvalue weighted by molar-refractivity contribution is 6.32. The second-order valence-electron chi connectivity index (χ2n) is 5.86. The van der Waals surface area contributed by atoms with Crippen molar-refractivity contribution in [2.45, 2.75) is 31.8 Å². The minimum atomic E-state index is 0.364. The van der Waals surface area contributed by atoms with Gasteiger partial charge in [-0.2, -0.15) is 5.10 Å². The zero-order chi connectivity index (χ0) is 16.2. The van der Waals surface area contributed by atoms with Gasteiger partial charge in [0.1, 0.15) is 12.4 Å². The van der Waals surface area contributed by atoms with Gasteiger partial charge in [0.05, 0.1) is 11.2 Å². The second kappa shape index (κ2) is 7.20. The van der Waals surface area contributed by atoms with Crippen LogP contribution < -0.4 is 10.1 Å². The summed E-state index contributed by atoms with van der Waals surface area (Å²) in [6, 6.07) is 6.28. The molecule has 0 saturated heterocycles. The van der Waals surface area contributed by atoms with Crippen molar-refractivity contribution in [2.75, 3.05) is 6.61 Å². The fourth-order valence-corrected chi connectivity index (χ4v) is 3.34. The summed E-state index contributed by atoms with van der Waals surface area (Å²) in [6.07, 6.45) is 7.16. The van der Waals surface area contributed by atoms with Gasteiger partial charge in [0.2, 0.25) is 0 Å². The van der Waals surface area contributed by atoms with E-state index in [9.17, 15) is 0 Å². The van der Waals surface area contributed by atoms with Crippen LogP contribution in [-0.2, 0) is 20.0 Å². The first-order valence-electron chi connectivity index (χ1n) is 7.95. The van der Waals surface area contributed by atoms with Crippen molar-refractivity contribution in [3.63, 3.8) is 0 Å². The standard InChI is InChI=1S/C18H22ClN3O/c1-3-9-23-18-8-7-13(10-15(18)19)11-20-16-5-4-6-17-14(16)12-21-22(17)2/h3,7-8,10,12,16,20H,1,4-6,9,11H2,2H3/t16-/m0/s1. The molecular formula is C18H22ClN3O. The number of rotatable bonds is 6. The number of benzene rings is 1. The summed E-state index contributed by atoms with van der Waals surface area (Å²) in [7, 11) is 2.02. The third-order valence-corrected chi connectivity index (χ3v) is 4.58. The average Bonchev–Trinajstić information content (AvgIpc) is 2.94. The van der Waals surface area contributed by atoms with Gasteiger partial charge < -0.3 is 10.1 Å². The van der Waals surface area contributed by atoms with Crippen LogP contribution in [0.1, 0.15) is 35.7 Å². The summed E-state index contributed by atoms with van der Waals surface area (Å²) >= 11 is 6.27. The molecule has 0 aliphatic heterocycles. The smallest absolute Gasteiger partial charge is 0.138 e. The molecule has 23 heavy (non-hydrogen) atoms. The largest absolute Gasteiger partial charge is 0.488 e. The molecule has 1 aliphatic rings. The molecule has 1 N–H and O–H groups in total. The van der Waals surface area contributed by atoms with Gasteiger partial charge in [0.25, 0.3) is 0 Å². The topological polar surface area (TPSA) is 39.1 Å². The van der Waals surface area contributed by atoms with Crippen LogP contribution in [0.15, 0.2) is 37.1 Å². The number of fused-ring (bicyclic) bond motifs is 1. The predicted molar refractivity (Wildman–Crippen MR) is 92.9 cm³/mol. The number of aromatic nitrogens is 2. The Labute approximate surface area is 142 Å². The van der Waals surface area contributed by atoms with Crippen molar-refractivity contribution in [3.8, 4) is 5.75 Å². The maximum absolute atomic E-state index is 6.27. The van der Waals surface area contributed by atoms with Crippen LogP contribution in [0.5, 0.6) is 5.75 Å². The number of hydrogen-bond donors (Lipinski definition) is 1. The van der Waals surface area contributed by atoms with Gasteiger partial charge in [-0.1, -0.05) is 30.3 Å². The van der Waals surface area contributed by atoms with Gasteiger partial charge in [-0.15, -0.1) is 0 Å². The molecule has 1 aromatic carbocycles. The number of nitrogens with one attached hydrogen (secondary N) is 1. The monoisotopic (exact) mass is 331 g/mol. The van der Waals surface area contributed by atoms with Crippen LogP contribution in [0, 0.1) is 0 Å². The number of aryl methyl sites for hydroxylation is 1. The number of halogens is 1. The van der Waals surface area contributed by atoms with Crippen molar-refractivity contribution in [3.05, 3.63) is 58.9 Å². The first-order valence-corrected chi connectivity index (χ1v) is 8.33. The lowest BCUT2D eigenvalue weighted by atomic mass is 9.93. The Hall–Kier alpha value is -1.78. The third-order valence-electron chi connectivity index (χ3n) is 4.28. The molecule has 1 atom stereocenters. The molecule has 0 unspecified atom stereocenters. The molecule has 0 saturated carbocycles. The minimum absolute atomic E-state index is 0.364. The van der Waals surface area contributed by atoms with E-state index in [1.165, 1.54) is 17.7 Å². The summed E-state index contributed by atoms with van der Waals surface area (Å²) in [6.45, 7) is 4.88. The minimum Gasteiger partial charge on any atom is -0.488 e. The normalized spacial score (nSPS) is 16.9. The van der Waals surface area contributed by atoms with E-state index < -0.39 is 0 Å². The van der Waals surface area contributed by atoms with E-state index in [4.69, 9.17) is 16.3 Å². The molecule has 4 nitrogen and oxygen atoms in total. The molecule has 0 fully saturated rings. The molecule has 1 aromatic heterocycles. The van der Waals surface area contributed by atoms with Gasteiger partial charge in [-0.05, 0) is 37.0 Å². The van der Waals surface area contributed by atoms with E-state index in [0.717, 1.165) is 24.9 Å². The Morgan fingerprint density at radius 2 is 2.39 bits per heavy atom. The van der Waals surface area contributed by atoms with Gasteiger partial charge in [0, 0.05) is 30.9 Å². The molecule has 3 rings (SSSR count). The van der Waals surface area contributed by atoms with Crippen molar-refractivity contribution in [1.29, 1.82) is 0 Å². The Morgan fingerprint density at radius 1 is 1.52 bits per heavy atom. The maximum Gasteiger partial charge on any atom is 0.138 e. The Kier molecular flexibility index (Phi) is 5.03. The summed E-state index contributed by atoms with van der Waals surface area (Å²) in [5, 5.41) is 8.65. The van der Waals surface area contributed by atoms with Gasteiger partial charge in [-0.3, -0.25) is 4.68 Å². The summed E-state index contributed by atoms with van der Waals surface area (Å²) in [5.41, 5.74) is 3.83. The average molecular weight is 332 g/mol. The molecule has 5 heteroatoms. The quantitative estimate of drug-likeness (QED) is 0.818. The second-order valence-corrected chi connectivity index (χ2v) is 6.27. The SMILES string of the molecule is C=CCOc1ccc(CN[C@H]2CCCc3c2cnn3C)cc1Cl. The molecule has 2 aromatic rings. The van der Waals surface area contributed by atoms with E-state index >= 15 is 0 Å². The Balaban J connectivity index is 1.65. The van der Waals surface area contributed by atoms with Crippen molar-refractivity contribution in [1.82, 2.24) is 15.1 Å². The predicted octanol–water partition coefficient (Wildman–Crippen LogP) is 3.81. The molecule has 0 amide bonds. The fourth-order valence-electron chi connectivity index (χ4n) is 3.08. The molecule has 0 spiro atoms. The lowest BCUT2D eigenvalue weighted by Gasteiger charge is -2.24. The molecule has 1 aliphatic carbocycles. The zero-order valence-electron chi connectivity index (χ0n) is 13.4. The van der Waals surface area contributed by atoms with Crippen LogP contribution in [0.25, 0.3) is 0 Å². The van der Waals surface area contributed by atoms with Gasteiger partial charge >= 0.3 is 0 Å². The Bertz CT molecular complexity index is 696. The van der Waals surface area contributed by atoms with Crippen LogP contribution in [0.3, 0.4) is 0 Å². The maximum atomic E-state index is 6.27. The van der Waals surface area contributed by atoms with Crippen molar-refractivity contribution in [2.24, 2.45) is 7.05 Å². The zero-order valence-corrected chi connectivity index (χ0v) is 14.1. The molecule has 0 bridgehead atoms. The van der Waals surface area contributed by atoms with Gasteiger partial charge in [0.15, 0.2) is 0 Å². The molecule has 0 radical (unpaired) electrons. The van der Waals surface area contributed by atoms with E-state index in [1.807, 2.05) is 36.1 Å². The third kappa shape index (κ3) is 3.59. The number of nitrogens with zero attached hydrogens (tertiary/aromatic N) is 2. The lowest BCUT2D eigenvalue weighted by molar-refractivity contribution is 0.363. The summed E-state index contributed by atoms with van der Waals surface area (Å²) in [4.78, 5) is 0. The lowest BCUT2D eigenvalue weighted by Crippen LogP contribution is -2.24. The van der Waals surface area contributed by atoms with Crippen molar-refractivity contribution >= 4 is 11.6 Å². The van der Waals surface area contributed by atoms with Crippen LogP contribution >= 0.6 is 11.6 Å². The van der Waals surface area contributed by atoms with E-state index in [1.54, 1.807) is 6.08 Å². The summed E-state index contributed by atoms with van der Waals surface area (Å²) in [5.74, 6) is 0.697. The highest BCUT2D eigenvalue weighted by Gasteiger charge is 2.22. The first kappa shape index (κ1) is 16.1. The number of ether oxygens (including phenoxy) is 1. The van der Waals surface area contributed by atoms with E-state index in [0.29, 0.717) is 23.4 Å². The molecule has 122 valence electrons. The highest BCUT2D eigenvalue weighted by atomic mass is 35.5. The van der Waals surface area contributed by atoms with Crippen LogP contribution in [0.4, 0.5) is 0 Å². The van der Waals surface area contributed by atoms with Crippen molar-refractivity contribution < 1.29 is 4.74 Å².